The van der Waals surface area contributed by atoms with Crippen molar-refractivity contribution in [2.45, 2.75) is 6.92 Å². The molecule has 0 unspecified atom stereocenters. The SMILES string of the molecule is Cc1nc2ccccn2c(=O)c1NC(=O)c1ccc([N+](=O)[O-])cc1. The number of aryl methyl sites for hydroxylation is 1. The largest absolute Gasteiger partial charge is 0.316 e. The average Bonchev–Trinajstić information content (AvgIpc) is 2.58. The number of hydrogen-bond acceptors (Lipinski definition) is 5. The quantitative estimate of drug-likeness (QED) is 0.587. The van der Waals surface area contributed by atoms with Gasteiger partial charge in [0.1, 0.15) is 11.3 Å². The zero-order valence-electron chi connectivity index (χ0n) is 12.6. The van der Waals surface area contributed by atoms with Crippen molar-refractivity contribution in [2.75, 3.05) is 5.32 Å². The van der Waals surface area contributed by atoms with Gasteiger partial charge in [0.05, 0.1) is 10.6 Å². The monoisotopic (exact) mass is 324 g/mol. The van der Waals surface area contributed by atoms with Crippen molar-refractivity contribution in [3.8, 4) is 0 Å². The number of anilines is 1. The minimum atomic E-state index is -0.550. The third-order valence-corrected chi connectivity index (χ3v) is 3.49. The van der Waals surface area contributed by atoms with Gasteiger partial charge in [0, 0.05) is 23.9 Å². The molecule has 3 aromatic rings. The molecule has 0 aliphatic heterocycles. The van der Waals surface area contributed by atoms with Crippen molar-refractivity contribution in [3.05, 3.63) is 80.4 Å². The molecule has 0 atom stereocenters. The first-order valence-electron chi connectivity index (χ1n) is 7.01. The fraction of sp³-hybridized carbons (Fsp3) is 0.0625. The van der Waals surface area contributed by atoms with Crippen LogP contribution < -0.4 is 10.9 Å². The molecule has 2 aromatic heterocycles. The Bertz CT molecular complexity index is 1010. The van der Waals surface area contributed by atoms with Gasteiger partial charge < -0.3 is 5.32 Å². The molecule has 0 fully saturated rings. The maximum Gasteiger partial charge on any atom is 0.281 e. The summed E-state index contributed by atoms with van der Waals surface area (Å²) in [6, 6.07) is 10.3. The first-order chi connectivity index (χ1) is 11.5. The number of nitro benzene ring substituents is 1. The second kappa shape index (κ2) is 5.92. The summed E-state index contributed by atoms with van der Waals surface area (Å²) in [6.07, 6.45) is 1.56. The summed E-state index contributed by atoms with van der Waals surface area (Å²) in [5.41, 5.74) is 0.637. The van der Waals surface area contributed by atoms with E-state index in [4.69, 9.17) is 0 Å². The van der Waals surface area contributed by atoms with E-state index in [2.05, 4.69) is 10.3 Å². The maximum atomic E-state index is 12.5. The number of non-ortho nitro benzene ring substituents is 1. The second-order valence-electron chi connectivity index (χ2n) is 5.06. The van der Waals surface area contributed by atoms with Crippen molar-refractivity contribution in [3.63, 3.8) is 0 Å². The van der Waals surface area contributed by atoms with Crippen molar-refractivity contribution in [1.82, 2.24) is 9.38 Å². The van der Waals surface area contributed by atoms with Crippen LogP contribution in [0.2, 0.25) is 0 Å². The van der Waals surface area contributed by atoms with Crippen LogP contribution in [0, 0.1) is 17.0 Å². The number of aromatic nitrogens is 2. The third-order valence-electron chi connectivity index (χ3n) is 3.49. The molecule has 1 N–H and O–H groups in total. The molecular weight excluding hydrogens is 312 g/mol. The highest BCUT2D eigenvalue weighted by Crippen LogP contribution is 2.14. The number of nitro groups is 1. The molecule has 24 heavy (non-hydrogen) atoms. The number of fused-ring (bicyclic) bond motifs is 1. The summed E-state index contributed by atoms with van der Waals surface area (Å²) in [7, 11) is 0. The Balaban J connectivity index is 1.96. The Kier molecular flexibility index (Phi) is 3.78. The fourth-order valence-electron chi connectivity index (χ4n) is 2.26. The molecule has 2 heterocycles. The van der Waals surface area contributed by atoms with E-state index in [0.29, 0.717) is 11.3 Å². The van der Waals surface area contributed by atoms with Crippen LogP contribution in [0.25, 0.3) is 5.65 Å². The summed E-state index contributed by atoms with van der Waals surface area (Å²) in [6.45, 7) is 1.62. The first kappa shape index (κ1) is 15.3. The maximum absolute atomic E-state index is 12.5. The minimum Gasteiger partial charge on any atom is -0.316 e. The van der Waals surface area contributed by atoms with Crippen LogP contribution in [0.5, 0.6) is 0 Å². The number of nitrogens with zero attached hydrogens (tertiary/aromatic N) is 3. The molecule has 1 aromatic carbocycles. The van der Waals surface area contributed by atoms with E-state index in [-0.39, 0.29) is 16.9 Å². The Morgan fingerprint density at radius 3 is 2.58 bits per heavy atom. The van der Waals surface area contributed by atoms with E-state index in [9.17, 15) is 19.7 Å². The van der Waals surface area contributed by atoms with Crippen molar-refractivity contribution in [1.29, 1.82) is 0 Å². The number of pyridine rings is 1. The van der Waals surface area contributed by atoms with Crippen LogP contribution in [0.1, 0.15) is 16.1 Å². The molecule has 0 aliphatic rings. The van der Waals surface area contributed by atoms with Gasteiger partial charge in [-0.3, -0.25) is 24.1 Å². The lowest BCUT2D eigenvalue weighted by Gasteiger charge is -2.09. The summed E-state index contributed by atoms with van der Waals surface area (Å²) >= 11 is 0. The molecule has 120 valence electrons. The van der Waals surface area contributed by atoms with Gasteiger partial charge >= 0.3 is 0 Å². The molecule has 0 bridgehead atoms. The topological polar surface area (TPSA) is 107 Å². The molecule has 0 aliphatic carbocycles. The summed E-state index contributed by atoms with van der Waals surface area (Å²) in [5.74, 6) is -0.539. The van der Waals surface area contributed by atoms with Crippen molar-refractivity contribution in [2.24, 2.45) is 0 Å². The predicted molar refractivity (Wildman–Crippen MR) is 87.2 cm³/mol. The van der Waals surface area contributed by atoms with Crippen LogP contribution in [-0.2, 0) is 0 Å². The van der Waals surface area contributed by atoms with Crippen molar-refractivity contribution >= 4 is 22.9 Å². The number of amides is 1. The molecule has 8 nitrogen and oxygen atoms in total. The van der Waals surface area contributed by atoms with Gasteiger partial charge in [-0.15, -0.1) is 0 Å². The summed E-state index contributed by atoms with van der Waals surface area (Å²) in [5, 5.41) is 13.2. The Labute approximate surface area is 135 Å². The van der Waals surface area contributed by atoms with E-state index in [1.165, 1.54) is 28.7 Å². The Morgan fingerprint density at radius 2 is 1.92 bits per heavy atom. The Hall–Kier alpha value is -3.55. The van der Waals surface area contributed by atoms with Gasteiger partial charge in [0.2, 0.25) is 0 Å². The molecule has 0 saturated heterocycles. The lowest BCUT2D eigenvalue weighted by molar-refractivity contribution is -0.384. The standard InChI is InChI=1S/C16H12N4O4/c1-10-14(16(22)19-9-3-2-4-13(19)17-10)18-15(21)11-5-7-12(8-6-11)20(23)24/h2-9H,1H3,(H,18,21). The molecule has 8 heteroatoms. The van der Waals surface area contributed by atoms with Gasteiger partial charge in [0.25, 0.3) is 17.2 Å². The lowest BCUT2D eigenvalue weighted by Crippen LogP contribution is -2.24. The first-order valence-corrected chi connectivity index (χ1v) is 7.01. The molecule has 1 amide bonds. The highest BCUT2D eigenvalue weighted by Gasteiger charge is 2.15. The van der Waals surface area contributed by atoms with Crippen LogP contribution in [-0.4, -0.2) is 20.2 Å². The van der Waals surface area contributed by atoms with Gasteiger partial charge in [0.15, 0.2) is 0 Å². The molecule has 3 rings (SSSR count). The predicted octanol–water partition coefficient (Wildman–Crippen LogP) is 2.16. The number of carbonyl (C=O) groups is 1. The number of benzene rings is 1. The molecule has 0 saturated carbocycles. The van der Waals surface area contributed by atoms with E-state index < -0.39 is 16.4 Å². The molecular formula is C16H12N4O4. The number of nitrogens with one attached hydrogen (secondary N) is 1. The van der Waals surface area contributed by atoms with Crippen LogP contribution in [0.4, 0.5) is 11.4 Å². The molecule has 0 radical (unpaired) electrons. The fourth-order valence-corrected chi connectivity index (χ4v) is 2.26. The van der Waals surface area contributed by atoms with Crippen LogP contribution in [0.15, 0.2) is 53.5 Å². The van der Waals surface area contributed by atoms with E-state index in [1.807, 2.05) is 0 Å². The van der Waals surface area contributed by atoms with E-state index >= 15 is 0 Å². The third kappa shape index (κ3) is 2.72. The van der Waals surface area contributed by atoms with E-state index in [1.54, 1.807) is 31.3 Å². The van der Waals surface area contributed by atoms with Crippen LogP contribution in [0.3, 0.4) is 0 Å². The number of rotatable bonds is 3. The van der Waals surface area contributed by atoms with Gasteiger partial charge in [-0.2, -0.15) is 0 Å². The van der Waals surface area contributed by atoms with Gasteiger partial charge in [-0.25, -0.2) is 4.98 Å². The van der Waals surface area contributed by atoms with Crippen molar-refractivity contribution < 1.29 is 9.72 Å². The molecule has 0 spiro atoms. The normalized spacial score (nSPS) is 10.5. The highest BCUT2D eigenvalue weighted by atomic mass is 16.6. The summed E-state index contributed by atoms with van der Waals surface area (Å²) < 4.78 is 1.33. The second-order valence-corrected chi connectivity index (χ2v) is 5.06. The summed E-state index contributed by atoms with van der Waals surface area (Å²) in [4.78, 5) is 39.1. The highest BCUT2D eigenvalue weighted by molar-refractivity contribution is 6.04. The zero-order chi connectivity index (χ0) is 17.3. The number of hydrogen-bond donors (Lipinski definition) is 1. The Morgan fingerprint density at radius 1 is 1.21 bits per heavy atom. The number of carbonyl (C=O) groups excluding carboxylic acids is 1. The minimum absolute atomic E-state index is 0.0713. The average molecular weight is 324 g/mol. The van der Waals surface area contributed by atoms with Crippen LogP contribution >= 0.6 is 0 Å². The van der Waals surface area contributed by atoms with Gasteiger partial charge in [-0.05, 0) is 31.2 Å². The zero-order valence-corrected chi connectivity index (χ0v) is 12.6. The van der Waals surface area contributed by atoms with E-state index in [0.717, 1.165) is 0 Å². The van der Waals surface area contributed by atoms with Gasteiger partial charge in [-0.1, -0.05) is 6.07 Å². The lowest BCUT2D eigenvalue weighted by atomic mass is 10.2. The smallest absolute Gasteiger partial charge is 0.281 e.